The summed E-state index contributed by atoms with van der Waals surface area (Å²) in [5.74, 6) is 0.343. The van der Waals surface area contributed by atoms with Crippen molar-refractivity contribution < 1.29 is 17.9 Å². The summed E-state index contributed by atoms with van der Waals surface area (Å²) in [6, 6.07) is 22.7. The van der Waals surface area contributed by atoms with E-state index in [0.717, 1.165) is 5.56 Å². The van der Waals surface area contributed by atoms with Crippen LogP contribution in [0.15, 0.2) is 83.8 Å². The van der Waals surface area contributed by atoms with E-state index in [9.17, 15) is 13.2 Å². The van der Waals surface area contributed by atoms with Crippen molar-refractivity contribution in [1.29, 1.82) is 0 Å². The maximum Gasteiger partial charge on any atom is 0.264 e. The third-order valence-electron chi connectivity index (χ3n) is 5.11. The van der Waals surface area contributed by atoms with Crippen LogP contribution in [0.2, 0.25) is 0 Å². The number of carbonyl (C=O) groups is 1. The zero-order chi connectivity index (χ0) is 24.1. The van der Waals surface area contributed by atoms with Gasteiger partial charge < -0.3 is 10.1 Å². The van der Waals surface area contributed by atoms with Crippen molar-refractivity contribution in [3.05, 3.63) is 84.4 Å². The molecule has 33 heavy (non-hydrogen) atoms. The number of nitrogens with one attached hydrogen (secondary N) is 1. The molecule has 7 heteroatoms. The minimum atomic E-state index is -3.72. The second kappa shape index (κ2) is 10.1. The van der Waals surface area contributed by atoms with E-state index in [1.807, 2.05) is 30.3 Å². The maximum absolute atomic E-state index is 13.1. The molecule has 0 atom stereocenters. The van der Waals surface area contributed by atoms with Gasteiger partial charge in [-0.3, -0.25) is 9.10 Å². The van der Waals surface area contributed by atoms with Crippen LogP contribution in [-0.2, 0) is 20.2 Å². The first-order valence-corrected chi connectivity index (χ1v) is 12.3. The lowest BCUT2D eigenvalue weighted by Crippen LogP contribution is -2.30. The summed E-state index contributed by atoms with van der Waals surface area (Å²) in [5.41, 5.74) is 2.01. The molecule has 1 N–H and O–H groups in total. The van der Waals surface area contributed by atoms with Crippen LogP contribution in [0.1, 0.15) is 33.3 Å². The Labute approximate surface area is 196 Å². The van der Waals surface area contributed by atoms with E-state index in [1.165, 1.54) is 16.4 Å². The third-order valence-corrected chi connectivity index (χ3v) is 7.03. The molecule has 0 aliphatic rings. The number of rotatable bonds is 8. The number of sulfonamides is 1. The number of benzene rings is 3. The zero-order valence-corrected chi connectivity index (χ0v) is 20.2. The lowest BCUT2D eigenvalue weighted by Gasteiger charge is -2.23. The molecule has 3 aromatic carbocycles. The Kier molecular flexibility index (Phi) is 7.43. The van der Waals surface area contributed by atoms with E-state index in [1.54, 1.807) is 43.3 Å². The molecule has 0 fully saturated rings. The Morgan fingerprint density at radius 2 is 1.52 bits per heavy atom. The number of amides is 1. The minimum Gasteiger partial charge on any atom is -0.483 e. The van der Waals surface area contributed by atoms with Gasteiger partial charge in [0.15, 0.2) is 6.61 Å². The third kappa shape index (κ3) is 5.93. The van der Waals surface area contributed by atoms with Gasteiger partial charge in [0.2, 0.25) is 0 Å². The molecule has 0 saturated carbocycles. The number of nitrogens with zero attached hydrogens (tertiary/aromatic N) is 1. The SMILES string of the molecule is CCN(c1ccccc1)S(=O)(=O)c1ccc(NC(=O)COc2ccccc2C(C)(C)C)cc1. The Balaban J connectivity index is 1.67. The molecular formula is C26H30N2O4S. The standard InChI is InChI=1S/C26H30N2O4S/c1-5-28(21-11-7-6-8-12-21)33(30,31)22-17-15-20(16-18-22)27-25(29)19-32-24-14-10-9-13-23(24)26(2,3)4/h6-18H,5,19H2,1-4H3,(H,27,29). The van der Waals surface area contributed by atoms with Crippen molar-refractivity contribution in [3.8, 4) is 5.75 Å². The number of carbonyl (C=O) groups excluding carboxylic acids is 1. The van der Waals surface area contributed by atoms with Crippen LogP contribution < -0.4 is 14.4 Å². The second-order valence-corrected chi connectivity index (χ2v) is 10.5. The monoisotopic (exact) mass is 466 g/mol. The first-order chi connectivity index (χ1) is 15.6. The van der Waals surface area contributed by atoms with Crippen LogP contribution in [0.5, 0.6) is 5.75 Å². The van der Waals surface area contributed by atoms with Gasteiger partial charge in [-0.15, -0.1) is 0 Å². The van der Waals surface area contributed by atoms with Crippen LogP contribution in [0.4, 0.5) is 11.4 Å². The number of hydrogen-bond donors (Lipinski definition) is 1. The van der Waals surface area contributed by atoms with E-state index in [2.05, 4.69) is 26.1 Å². The van der Waals surface area contributed by atoms with E-state index in [4.69, 9.17) is 4.74 Å². The van der Waals surface area contributed by atoms with Crippen molar-refractivity contribution >= 4 is 27.3 Å². The van der Waals surface area contributed by atoms with Crippen LogP contribution in [0, 0.1) is 0 Å². The van der Waals surface area contributed by atoms with Crippen LogP contribution in [-0.4, -0.2) is 27.5 Å². The van der Waals surface area contributed by atoms with Crippen molar-refractivity contribution in [2.45, 2.75) is 38.0 Å². The molecule has 0 aromatic heterocycles. The molecule has 3 rings (SSSR count). The largest absolute Gasteiger partial charge is 0.483 e. The summed E-state index contributed by atoms with van der Waals surface area (Å²) >= 11 is 0. The molecule has 3 aromatic rings. The molecule has 0 radical (unpaired) electrons. The highest BCUT2D eigenvalue weighted by Gasteiger charge is 2.23. The summed E-state index contributed by atoms with van der Waals surface area (Å²) in [4.78, 5) is 12.6. The quantitative estimate of drug-likeness (QED) is 0.494. The van der Waals surface area contributed by atoms with Crippen molar-refractivity contribution in [1.82, 2.24) is 0 Å². The van der Waals surface area contributed by atoms with Gasteiger partial charge in [0.05, 0.1) is 10.6 Å². The van der Waals surface area contributed by atoms with Crippen molar-refractivity contribution in [3.63, 3.8) is 0 Å². The predicted octanol–water partition coefficient (Wildman–Crippen LogP) is 5.22. The number of hydrogen-bond acceptors (Lipinski definition) is 4. The van der Waals surface area contributed by atoms with Gasteiger partial charge in [0.1, 0.15) is 5.75 Å². The number of para-hydroxylation sites is 2. The highest BCUT2D eigenvalue weighted by Crippen LogP contribution is 2.31. The Hall–Kier alpha value is -3.32. The van der Waals surface area contributed by atoms with Crippen molar-refractivity contribution in [2.75, 3.05) is 22.8 Å². The van der Waals surface area contributed by atoms with E-state index < -0.39 is 10.0 Å². The first kappa shape index (κ1) is 24.3. The van der Waals surface area contributed by atoms with Gasteiger partial charge in [-0.25, -0.2) is 8.42 Å². The lowest BCUT2D eigenvalue weighted by atomic mass is 9.86. The highest BCUT2D eigenvalue weighted by atomic mass is 32.2. The summed E-state index contributed by atoms with van der Waals surface area (Å²) in [6.45, 7) is 8.20. The first-order valence-electron chi connectivity index (χ1n) is 10.8. The smallest absolute Gasteiger partial charge is 0.264 e. The van der Waals surface area contributed by atoms with E-state index in [0.29, 0.717) is 23.7 Å². The maximum atomic E-state index is 13.1. The van der Waals surface area contributed by atoms with Gasteiger partial charge in [0.25, 0.3) is 15.9 Å². The molecule has 0 unspecified atom stereocenters. The fourth-order valence-corrected chi connectivity index (χ4v) is 4.95. The fraction of sp³-hybridized carbons (Fsp3) is 0.269. The molecule has 0 saturated heterocycles. The van der Waals surface area contributed by atoms with Gasteiger partial charge in [-0.1, -0.05) is 57.2 Å². The number of anilines is 2. The summed E-state index contributed by atoms with van der Waals surface area (Å²) in [5, 5.41) is 2.75. The molecule has 0 spiro atoms. The van der Waals surface area contributed by atoms with E-state index in [-0.39, 0.29) is 22.8 Å². The molecule has 174 valence electrons. The fourth-order valence-electron chi connectivity index (χ4n) is 3.48. The average Bonchev–Trinajstić information content (AvgIpc) is 2.79. The summed E-state index contributed by atoms with van der Waals surface area (Å²) in [6.07, 6.45) is 0. The van der Waals surface area contributed by atoms with Crippen LogP contribution >= 0.6 is 0 Å². The van der Waals surface area contributed by atoms with Crippen LogP contribution in [0.25, 0.3) is 0 Å². The van der Waals surface area contributed by atoms with Crippen molar-refractivity contribution in [2.24, 2.45) is 0 Å². The van der Waals surface area contributed by atoms with Gasteiger partial charge in [-0.2, -0.15) is 0 Å². The lowest BCUT2D eigenvalue weighted by molar-refractivity contribution is -0.118. The number of ether oxygens (including phenoxy) is 1. The van der Waals surface area contributed by atoms with Gasteiger partial charge >= 0.3 is 0 Å². The average molecular weight is 467 g/mol. The molecule has 0 bridgehead atoms. The molecule has 1 amide bonds. The van der Waals surface area contributed by atoms with E-state index >= 15 is 0 Å². The minimum absolute atomic E-state index is 0.111. The van der Waals surface area contributed by atoms with Crippen LogP contribution in [0.3, 0.4) is 0 Å². The molecule has 6 nitrogen and oxygen atoms in total. The summed E-state index contributed by atoms with van der Waals surface area (Å²) in [7, 11) is -3.72. The predicted molar refractivity (Wildman–Crippen MR) is 132 cm³/mol. The second-order valence-electron chi connectivity index (χ2n) is 8.61. The van der Waals surface area contributed by atoms with Gasteiger partial charge in [0, 0.05) is 12.2 Å². The topological polar surface area (TPSA) is 75.7 Å². The normalized spacial score (nSPS) is 11.6. The van der Waals surface area contributed by atoms with Gasteiger partial charge in [-0.05, 0) is 60.4 Å². The molecule has 0 heterocycles. The highest BCUT2D eigenvalue weighted by molar-refractivity contribution is 7.92. The molecular weight excluding hydrogens is 436 g/mol. The summed E-state index contributed by atoms with van der Waals surface area (Å²) < 4.78 is 33.3. The Morgan fingerprint density at radius 1 is 0.909 bits per heavy atom. The Bertz CT molecular complexity index is 1180. The Morgan fingerprint density at radius 3 is 2.12 bits per heavy atom. The zero-order valence-electron chi connectivity index (χ0n) is 19.4. The molecule has 0 aliphatic heterocycles. The molecule has 0 aliphatic carbocycles.